The molecule has 2 aromatic heterocycles. The zero-order valence-electron chi connectivity index (χ0n) is 10.2. The molecule has 0 N–H and O–H groups in total. The van der Waals surface area contributed by atoms with Crippen LogP contribution >= 0.6 is 11.6 Å². The fourth-order valence-corrected chi connectivity index (χ4v) is 2.80. The van der Waals surface area contributed by atoms with E-state index in [0.717, 1.165) is 37.0 Å². The second-order valence-electron chi connectivity index (χ2n) is 4.64. The van der Waals surface area contributed by atoms with Gasteiger partial charge in [-0.2, -0.15) is 5.10 Å². The second kappa shape index (κ2) is 4.28. The number of amides is 1. The van der Waals surface area contributed by atoms with Gasteiger partial charge in [0.2, 0.25) is 0 Å². The largest absolute Gasteiger partial charge is 0.339 e. The molecule has 0 aromatic carbocycles. The first kappa shape index (κ1) is 11.5. The quantitative estimate of drug-likeness (QED) is 0.793. The fraction of sp³-hybridized carbons (Fsp3) is 0.385. The van der Waals surface area contributed by atoms with Gasteiger partial charge in [0.1, 0.15) is 0 Å². The third-order valence-corrected chi connectivity index (χ3v) is 3.81. The summed E-state index contributed by atoms with van der Waals surface area (Å²) in [6.45, 7) is 3.63. The molecule has 4 nitrogen and oxygen atoms in total. The lowest BCUT2D eigenvalue weighted by Crippen LogP contribution is -2.27. The lowest BCUT2D eigenvalue weighted by Gasteiger charge is -2.14. The number of carbonyl (C=O) groups excluding carboxylic acids is 1. The summed E-state index contributed by atoms with van der Waals surface area (Å²) in [5.74, 6) is 0.0894. The van der Waals surface area contributed by atoms with E-state index in [-0.39, 0.29) is 5.91 Å². The van der Waals surface area contributed by atoms with Crippen molar-refractivity contribution in [1.29, 1.82) is 0 Å². The summed E-state index contributed by atoms with van der Waals surface area (Å²) in [6, 6.07) is 1.74. The van der Waals surface area contributed by atoms with Gasteiger partial charge in [0.15, 0.2) is 0 Å². The number of carbonyl (C=O) groups is 1. The highest BCUT2D eigenvalue weighted by atomic mass is 35.5. The molecule has 3 rings (SSSR count). The average Bonchev–Trinajstić information content (AvgIpc) is 2.97. The Kier molecular flexibility index (Phi) is 2.74. The Morgan fingerprint density at radius 2 is 2.11 bits per heavy atom. The normalized spacial score (nSPS) is 15.6. The van der Waals surface area contributed by atoms with Crippen LogP contribution in [-0.4, -0.2) is 33.5 Å². The lowest BCUT2D eigenvalue weighted by atomic mass is 10.1. The number of rotatable bonds is 1. The van der Waals surface area contributed by atoms with E-state index in [1.54, 1.807) is 23.0 Å². The van der Waals surface area contributed by atoms with Crippen molar-refractivity contribution in [2.75, 3.05) is 13.1 Å². The third-order valence-electron chi connectivity index (χ3n) is 3.50. The van der Waals surface area contributed by atoms with Gasteiger partial charge in [0, 0.05) is 25.5 Å². The standard InChI is InChI=1S/C13H14ClN3O/c1-9-10(13(18)16-6-2-3-7-16)8-17-12(9)11(14)4-5-15-17/h4-5,8H,2-3,6-7H2,1H3. The van der Waals surface area contributed by atoms with Crippen LogP contribution in [-0.2, 0) is 0 Å². The molecule has 0 atom stereocenters. The summed E-state index contributed by atoms with van der Waals surface area (Å²) < 4.78 is 1.68. The molecule has 1 aliphatic heterocycles. The predicted octanol–water partition coefficient (Wildman–Crippen LogP) is 2.53. The Morgan fingerprint density at radius 3 is 2.78 bits per heavy atom. The minimum absolute atomic E-state index is 0.0894. The highest BCUT2D eigenvalue weighted by molar-refractivity contribution is 6.34. The van der Waals surface area contributed by atoms with E-state index < -0.39 is 0 Å². The molecule has 1 amide bonds. The molecule has 0 bridgehead atoms. The number of aromatic nitrogens is 2. The van der Waals surface area contributed by atoms with E-state index in [4.69, 9.17) is 11.6 Å². The number of aryl methyl sites for hydroxylation is 1. The summed E-state index contributed by atoms with van der Waals surface area (Å²) in [7, 11) is 0. The molecule has 18 heavy (non-hydrogen) atoms. The highest BCUT2D eigenvalue weighted by Crippen LogP contribution is 2.25. The first-order valence-corrected chi connectivity index (χ1v) is 6.48. The van der Waals surface area contributed by atoms with Crippen molar-refractivity contribution in [2.24, 2.45) is 0 Å². The van der Waals surface area contributed by atoms with Gasteiger partial charge < -0.3 is 4.90 Å². The minimum atomic E-state index is 0.0894. The summed E-state index contributed by atoms with van der Waals surface area (Å²) in [5.41, 5.74) is 2.43. The van der Waals surface area contributed by atoms with E-state index in [1.165, 1.54) is 0 Å². The van der Waals surface area contributed by atoms with Gasteiger partial charge in [-0.3, -0.25) is 4.79 Å². The van der Waals surface area contributed by atoms with Gasteiger partial charge in [-0.05, 0) is 31.4 Å². The summed E-state index contributed by atoms with van der Waals surface area (Å²) in [5, 5.41) is 4.82. The van der Waals surface area contributed by atoms with Crippen molar-refractivity contribution in [3.63, 3.8) is 0 Å². The highest BCUT2D eigenvalue weighted by Gasteiger charge is 2.23. The first-order valence-electron chi connectivity index (χ1n) is 6.10. The number of hydrogen-bond acceptors (Lipinski definition) is 2. The van der Waals surface area contributed by atoms with E-state index in [1.807, 2.05) is 11.8 Å². The maximum absolute atomic E-state index is 12.4. The molecule has 0 radical (unpaired) electrons. The Morgan fingerprint density at radius 1 is 1.39 bits per heavy atom. The van der Waals surface area contributed by atoms with Crippen LogP contribution in [0.25, 0.3) is 5.52 Å². The molecule has 0 aliphatic carbocycles. The number of likely N-dealkylation sites (tertiary alicyclic amines) is 1. The summed E-state index contributed by atoms with van der Waals surface area (Å²) in [6.07, 6.45) is 5.60. The predicted molar refractivity (Wildman–Crippen MR) is 70.1 cm³/mol. The maximum atomic E-state index is 12.4. The van der Waals surface area contributed by atoms with Crippen LogP contribution in [0.5, 0.6) is 0 Å². The second-order valence-corrected chi connectivity index (χ2v) is 5.05. The molecule has 0 saturated carbocycles. The summed E-state index contributed by atoms with van der Waals surface area (Å²) >= 11 is 6.15. The molecule has 2 aromatic rings. The van der Waals surface area contributed by atoms with Gasteiger partial charge in [-0.1, -0.05) is 11.6 Å². The van der Waals surface area contributed by atoms with Crippen LogP contribution in [0, 0.1) is 6.92 Å². The van der Waals surface area contributed by atoms with Crippen molar-refractivity contribution in [3.05, 3.63) is 34.6 Å². The molecule has 1 aliphatic rings. The molecule has 0 spiro atoms. The summed E-state index contributed by atoms with van der Waals surface area (Å²) in [4.78, 5) is 14.3. The van der Waals surface area contributed by atoms with E-state index in [2.05, 4.69) is 5.10 Å². The topological polar surface area (TPSA) is 37.6 Å². The van der Waals surface area contributed by atoms with Gasteiger partial charge >= 0.3 is 0 Å². The van der Waals surface area contributed by atoms with Crippen molar-refractivity contribution in [1.82, 2.24) is 14.5 Å². The zero-order valence-corrected chi connectivity index (χ0v) is 10.9. The zero-order chi connectivity index (χ0) is 12.7. The van der Waals surface area contributed by atoms with Crippen LogP contribution < -0.4 is 0 Å². The van der Waals surface area contributed by atoms with Crippen LogP contribution in [0.1, 0.15) is 28.8 Å². The van der Waals surface area contributed by atoms with Crippen molar-refractivity contribution < 1.29 is 4.79 Å². The number of fused-ring (bicyclic) bond motifs is 1. The van der Waals surface area contributed by atoms with E-state index in [0.29, 0.717) is 10.6 Å². The van der Waals surface area contributed by atoms with Gasteiger partial charge in [0.25, 0.3) is 5.91 Å². The van der Waals surface area contributed by atoms with Gasteiger partial charge in [-0.25, -0.2) is 4.52 Å². The average molecular weight is 264 g/mol. The maximum Gasteiger partial charge on any atom is 0.255 e. The van der Waals surface area contributed by atoms with E-state index >= 15 is 0 Å². The van der Waals surface area contributed by atoms with Crippen LogP contribution in [0.15, 0.2) is 18.5 Å². The Labute approximate surface area is 110 Å². The smallest absolute Gasteiger partial charge is 0.255 e. The molecule has 94 valence electrons. The van der Waals surface area contributed by atoms with E-state index in [9.17, 15) is 4.79 Å². The first-order chi connectivity index (χ1) is 8.68. The third kappa shape index (κ3) is 1.68. The van der Waals surface area contributed by atoms with Gasteiger partial charge in [-0.15, -0.1) is 0 Å². The molecular weight excluding hydrogens is 250 g/mol. The van der Waals surface area contributed by atoms with Crippen LogP contribution in [0.4, 0.5) is 0 Å². The van der Waals surface area contributed by atoms with Gasteiger partial charge in [0.05, 0.1) is 16.1 Å². The molecular formula is C13H14ClN3O. The minimum Gasteiger partial charge on any atom is -0.339 e. The Bertz CT molecular complexity index is 614. The van der Waals surface area contributed by atoms with Crippen LogP contribution in [0.2, 0.25) is 5.02 Å². The molecule has 0 unspecified atom stereocenters. The molecule has 1 saturated heterocycles. The fourth-order valence-electron chi connectivity index (χ4n) is 2.52. The molecule has 3 heterocycles. The SMILES string of the molecule is Cc1c(C(=O)N2CCCC2)cn2nccc(Cl)c12. The molecule has 5 heteroatoms. The Hall–Kier alpha value is -1.55. The van der Waals surface area contributed by atoms with Crippen molar-refractivity contribution >= 4 is 23.0 Å². The molecule has 1 fully saturated rings. The Balaban J connectivity index is 2.09. The lowest BCUT2D eigenvalue weighted by molar-refractivity contribution is 0.0792. The van der Waals surface area contributed by atoms with Crippen molar-refractivity contribution in [2.45, 2.75) is 19.8 Å². The number of hydrogen-bond donors (Lipinski definition) is 0. The van der Waals surface area contributed by atoms with Crippen LogP contribution in [0.3, 0.4) is 0 Å². The van der Waals surface area contributed by atoms with Crippen molar-refractivity contribution in [3.8, 4) is 0 Å². The number of nitrogens with zero attached hydrogens (tertiary/aromatic N) is 3. The number of halogens is 1. The monoisotopic (exact) mass is 263 g/mol.